The molecule has 3 heterocycles. The molecule has 22 heavy (non-hydrogen) atoms. The predicted molar refractivity (Wildman–Crippen MR) is 87.2 cm³/mol. The third kappa shape index (κ3) is 3.23. The van der Waals surface area contributed by atoms with Gasteiger partial charge in [0.05, 0.1) is 6.54 Å². The van der Waals surface area contributed by atoms with Crippen molar-refractivity contribution in [3.8, 4) is 0 Å². The first-order valence-corrected chi connectivity index (χ1v) is 8.28. The smallest absolute Gasteiger partial charge is 0.317 e. The Labute approximate surface area is 130 Å². The summed E-state index contributed by atoms with van der Waals surface area (Å²) in [4.78, 5) is 14.8. The second-order valence-corrected chi connectivity index (χ2v) is 5.95. The molecule has 0 saturated carbocycles. The summed E-state index contributed by atoms with van der Waals surface area (Å²) >= 11 is 0. The van der Waals surface area contributed by atoms with E-state index in [0.29, 0.717) is 12.6 Å². The minimum absolute atomic E-state index is 0.0441. The van der Waals surface area contributed by atoms with Gasteiger partial charge in [-0.3, -0.25) is 9.30 Å². The molecule has 1 aliphatic rings. The van der Waals surface area contributed by atoms with Crippen LogP contribution < -0.4 is 11.0 Å². The van der Waals surface area contributed by atoms with E-state index < -0.39 is 0 Å². The van der Waals surface area contributed by atoms with Gasteiger partial charge in [0.2, 0.25) is 0 Å². The summed E-state index contributed by atoms with van der Waals surface area (Å²) < 4.78 is 3.20. The van der Waals surface area contributed by atoms with Crippen LogP contribution in [0.1, 0.15) is 26.2 Å². The van der Waals surface area contributed by atoms with Gasteiger partial charge in [0, 0.05) is 18.8 Å². The van der Waals surface area contributed by atoms with E-state index in [1.54, 1.807) is 15.3 Å². The zero-order chi connectivity index (χ0) is 15.4. The first-order chi connectivity index (χ1) is 10.8. The summed E-state index contributed by atoms with van der Waals surface area (Å²) in [6.07, 6.45) is 5.31. The molecule has 0 unspecified atom stereocenters. The molecule has 2 aromatic rings. The normalized spacial score (nSPS) is 16.6. The van der Waals surface area contributed by atoms with Crippen molar-refractivity contribution in [3.63, 3.8) is 0 Å². The third-order valence-corrected chi connectivity index (χ3v) is 4.42. The summed E-state index contributed by atoms with van der Waals surface area (Å²) in [7, 11) is 0. The van der Waals surface area contributed by atoms with Crippen molar-refractivity contribution in [3.05, 3.63) is 34.9 Å². The Morgan fingerprint density at radius 3 is 2.86 bits per heavy atom. The highest BCUT2D eigenvalue weighted by molar-refractivity contribution is 5.35. The number of nitrogens with zero attached hydrogens (tertiary/aromatic N) is 4. The van der Waals surface area contributed by atoms with Gasteiger partial charge in [-0.25, -0.2) is 9.48 Å². The van der Waals surface area contributed by atoms with Crippen LogP contribution in [0.2, 0.25) is 0 Å². The van der Waals surface area contributed by atoms with Crippen molar-refractivity contribution in [2.24, 2.45) is 0 Å². The Bertz CT molecular complexity index is 656. The minimum Gasteiger partial charge on any atom is -0.317 e. The molecule has 0 atom stereocenters. The lowest BCUT2D eigenvalue weighted by Crippen LogP contribution is -2.45. The highest BCUT2D eigenvalue weighted by atomic mass is 16.2. The molecule has 1 N–H and O–H groups in total. The van der Waals surface area contributed by atoms with Crippen LogP contribution >= 0.6 is 0 Å². The standard InChI is InChI=1S/C16H25N5O/c1-2-10-19(14-6-8-17-9-7-14)12-13-21-16(22)20-11-4-3-5-15(20)18-21/h3-5,11,14,17H,2,6-10,12-13H2,1H3. The van der Waals surface area contributed by atoms with Gasteiger partial charge in [0.25, 0.3) is 0 Å². The molecule has 0 bridgehead atoms. The maximum absolute atomic E-state index is 12.3. The first kappa shape index (κ1) is 15.2. The first-order valence-electron chi connectivity index (χ1n) is 8.28. The van der Waals surface area contributed by atoms with E-state index in [2.05, 4.69) is 22.2 Å². The summed E-state index contributed by atoms with van der Waals surface area (Å²) in [5.74, 6) is 0. The van der Waals surface area contributed by atoms with Crippen molar-refractivity contribution >= 4 is 5.65 Å². The number of hydrogen-bond donors (Lipinski definition) is 1. The molecule has 0 spiro atoms. The van der Waals surface area contributed by atoms with Gasteiger partial charge in [-0.15, -0.1) is 5.10 Å². The third-order valence-electron chi connectivity index (χ3n) is 4.42. The Balaban J connectivity index is 1.70. The number of aromatic nitrogens is 3. The molecule has 0 amide bonds. The Kier molecular flexibility index (Phi) is 4.90. The van der Waals surface area contributed by atoms with Crippen LogP contribution in [0, 0.1) is 0 Å². The molecule has 0 aromatic carbocycles. The van der Waals surface area contributed by atoms with E-state index >= 15 is 0 Å². The lowest BCUT2D eigenvalue weighted by Gasteiger charge is -2.34. The second-order valence-electron chi connectivity index (χ2n) is 5.95. The Morgan fingerprint density at radius 2 is 2.14 bits per heavy atom. The zero-order valence-electron chi connectivity index (χ0n) is 13.2. The van der Waals surface area contributed by atoms with Crippen molar-refractivity contribution in [2.45, 2.75) is 38.8 Å². The molecule has 6 nitrogen and oxygen atoms in total. The molecule has 0 aliphatic carbocycles. The maximum atomic E-state index is 12.3. The SMILES string of the molecule is CCCN(CCn1nc2ccccn2c1=O)C1CCNCC1. The van der Waals surface area contributed by atoms with Gasteiger partial charge in [0.1, 0.15) is 0 Å². The average molecular weight is 303 g/mol. The number of rotatable bonds is 6. The number of piperidine rings is 1. The van der Waals surface area contributed by atoms with E-state index in [9.17, 15) is 4.79 Å². The molecule has 2 aromatic heterocycles. The van der Waals surface area contributed by atoms with Crippen LogP contribution in [0.15, 0.2) is 29.2 Å². The summed E-state index contributed by atoms with van der Waals surface area (Å²) in [6, 6.07) is 6.27. The van der Waals surface area contributed by atoms with E-state index in [0.717, 1.165) is 38.2 Å². The fourth-order valence-electron chi connectivity index (χ4n) is 3.27. The van der Waals surface area contributed by atoms with Gasteiger partial charge < -0.3 is 5.32 Å². The van der Waals surface area contributed by atoms with Gasteiger partial charge in [-0.1, -0.05) is 13.0 Å². The summed E-state index contributed by atoms with van der Waals surface area (Å²) in [5.41, 5.74) is 0.675. The maximum Gasteiger partial charge on any atom is 0.350 e. The molecular formula is C16H25N5O. The van der Waals surface area contributed by atoms with Crippen LogP contribution in [0.5, 0.6) is 0 Å². The highest BCUT2D eigenvalue weighted by Crippen LogP contribution is 2.12. The van der Waals surface area contributed by atoms with Gasteiger partial charge in [-0.2, -0.15) is 0 Å². The van der Waals surface area contributed by atoms with Crippen LogP contribution in [-0.4, -0.2) is 51.3 Å². The molecule has 120 valence electrons. The lowest BCUT2D eigenvalue weighted by molar-refractivity contribution is 0.154. The fourth-order valence-corrected chi connectivity index (χ4v) is 3.27. The van der Waals surface area contributed by atoms with E-state index in [1.807, 2.05) is 18.2 Å². The number of pyridine rings is 1. The van der Waals surface area contributed by atoms with Crippen molar-refractivity contribution in [1.29, 1.82) is 0 Å². The fraction of sp³-hybridized carbons (Fsp3) is 0.625. The molecular weight excluding hydrogens is 278 g/mol. The number of hydrogen-bond acceptors (Lipinski definition) is 4. The predicted octanol–water partition coefficient (Wildman–Crippen LogP) is 0.960. The monoisotopic (exact) mass is 303 g/mol. The quantitative estimate of drug-likeness (QED) is 0.863. The topological polar surface area (TPSA) is 54.6 Å². The summed E-state index contributed by atoms with van der Waals surface area (Å²) in [5, 5.41) is 7.83. The van der Waals surface area contributed by atoms with Crippen LogP contribution in [0.4, 0.5) is 0 Å². The molecule has 0 radical (unpaired) electrons. The number of nitrogens with one attached hydrogen (secondary N) is 1. The number of fused-ring (bicyclic) bond motifs is 1. The van der Waals surface area contributed by atoms with Crippen LogP contribution in [0.25, 0.3) is 5.65 Å². The van der Waals surface area contributed by atoms with Crippen LogP contribution in [0.3, 0.4) is 0 Å². The minimum atomic E-state index is -0.0441. The average Bonchev–Trinajstić information content (AvgIpc) is 2.89. The van der Waals surface area contributed by atoms with Gasteiger partial charge >= 0.3 is 5.69 Å². The van der Waals surface area contributed by atoms with E-state index in [1.165, 1.54) is 12.8 Å². The van der Waals surface area contributed by atoms with Crippen molar-refractivity contribution in [1.82, 2.24) is 24.4 Å². The zero-order valence-corrected chi connectivity index (χ0v) is 13.2. The Morgan fingerprint density at radius 1 is 1.32 bits per heavy atom. The second kappa shape index (κ2) is 7.07. The van der Waals surface area contributed by atoms with E-state index in [-0.39, 0.29) is 5.69 Å². The summed E-state index contributed by atoms with van der Waals surface area (Å²) in [6.45, 7) is 7.04. The molecule has 6 heteroatoms. The van der Waals surface area contributed by atoms with Crippen LogP contribution in [-0.2, 0) is 6.54 Å². The molecule has 1 fully saturated rings. The lowest BCUT2D eigenvalue weighted by atomic mass is 10.0. The largest absolute Gasteiger partial charge is 0.350 e. The van der Waals surface area contributed by atoms with Gasteiger partial charge in [0.15, 0.2) is 5.65 Å². The molecule has 3 rings (SSSR count). The van der Waals surface area contributed by atoms with E-state index in [4.69, 9.17) is 0 Å². The highest BCUT2D eigenvalue weighted by Gasteiger charge is 2.20. The molecule has 1 saturated heterocycles. The molecule has 1 aliphatic heterocycles. The van der Waals surface area contributed by atoms with Crippen molar-refractivity contribution < 1.29 is 0 Å². The Hall–Kier alpha value is -1.66. The van der Waals surface area contributed by atoms with Gasteiger partial charge in [-0.05, 0) is 51.0 Å². The van der Waals surface area contributed by atoms with Crippen molar-refractivity contribution in [2.75, 3.05) is 26.2 Å².